The Morgan fingerprint density at radius 1 is 1.00 bits per heavy atom. The topological polar surface area (TPSA) is 44.5 Å². The zero-order valence-electron chi connectivity index (χ0n) is 13.3. The third-order valence-electron chi connectivity index (χ3n) is 4.81. The van der Waals surface area contributed by atoms with Gasteiger partial charge in [-0.25, -0.2) is 0 Å². The molecule has 0 unspecified atom stereocenters. The highest BCUT2D eigenvalue weighted by Gasteiger charge is 2.34. The van der Waals surface area contributed by atoms with E-state index < -0.39 is 0 Å². The first kappa shape index (κ1) is 14.7. The molecular weight excluding hydrogens is 262 g/mol. The largest absolute Gasteiger partial charge is 0.490 e. The van der Waals surface area contributed by atoms with Crippen LogP contribution in [0.2, 0.25) is 0 Å². The van der Waals surface area contributed by atoms with Crippen LogP contribution in [0.15, 0.2) is 12.1 Å². The molecule has 2 aliphatic rings. The second-order valence-electron chi connectivity index (χ2n) is 6.78. The summed E-state index contributed by atoms with van der Waals surface area (Å²) >= 11 is 0. The van der Waals surface area contributed by atoms with E-state index in [1.54, 1.807) is 0 Å². The molecule has 1 aliphatic heterocycles. The Bertz CT molecular complexity index is 504. The van der Waals surface area contributed by atoms with E-state index in [4.69, 9.17) is 15.2 Å². The number of fused-ring (bicyclic) bond motifs is 1. The highest BCUT2D eigenvalue weighted by Crippen LogP contribution is 2.45. The van der Waals surface area contributed by atoms with Gasteiger partial charge in [-0.2, -0.15) is 0 Å². The van der Waals surface area contributed by atoms with Gasteiger partial charge < -0.3 is 15.2 Å². The molecule has 0 spiro atoms. The van der Waals surface area contributed by atoms with E-state index in [2.05, 4.69) is 26.0 Å². The van der Waals surface area contributed by atoms with Gasteiger partial charge in [-0.05, 0) is 30.4 Å². The molecule has 0 aromatic heterocycles. The van der Waals surface area contributed by atoms with Crippen LogP contribution in [0.1, 0.15) is 69.4 Å². The lowest BCUT2D eigenvalue weighted by atomic mass is 9.74. The van der Waals surface area contributed by atoms with E-state index in [0.717, 1.165) is 44.0 Å². The normalized spacial score (nSPS) is 21.1. The summed E-state index contributed by atoms with van der Waals surface area (Å²) in [4.78, 5) is 0. The molecule has 0 saturated heterocycles. The van der Waals surface area contributed by atoms with E-state index in [0.29, 0.717) is 5.92 Å². The Balaban J connectivity index is 2.10. The lowest BCUT2D eigenvalue weighted by Crippen LogP contribution is -2.39. The van der Waals surface area contributed by atoms with Crippen LogP contribution in [-0.2, 0) is 5.54 Å². The van der Waals surface area contributed by atoms with E-state index in [-0.39, 0.29) is 5.54 Å². The molecule has 3 heteroatoms. The van der Waals surface area contributed by atoms with Gasteiger partial charge in [0.15, 0.2) is 11.5 Å². The van der Waals surface area contributed by atoms with Crippen LogP contribution in [0.3, 0.4) is 0 Å². The minimum absolute atomic E-state index is 0.192. The maximum absolute atomic E-state index is 6.79. The van der Waals surface area contributed by atoms with Crippen molar-refractivity contribution < 1.29 is 9.47 Å². The Morgan fingerprint density at radius 3 is 2.43 bits per heavy atom. The minimum Gasteiger partial charge on any atom is -0.490 e. The fourth-order valence-electron chi connectivity index (χ4n) is 3.72. The van der Waals surface area contributed by atoms with Crippen molar-refractivity contribution in [2.24, 2.45) is 5.73 Å². The van der Waals surface area contributed by atoms with Crippen LogP contribution < -0.4 is 15.2 Å². The predicted molar refractivity (Wildman–Crippen MR) is 85.1 cm³/mol. The molecule has 3 rings (SSSR count). The van der Waals surface area contributed by atoms with Gasteiger partial charge in [-0.1, -0.05) is 39.2 Å². The van der Waals surface area contributed by atoms with Crippen LogP contribution in [0.25, 0.3) is 0 Å². The van der Waals surface area contributed by atoms with Gasteiger partial charge in [-0.3, -0.25) is 0 Å². The van der Waals surface area contributed by atoms with Crippen molar-refractivity contribution in [3.8, 4) is 11.5 Å². The standard InChI is InChI=1S/C18H27NO2/c1-13(2)16-14(18(19)9-4-3-5-10-18)7-8-15-17(16)21-12-6-11-20-15/h7-8,13H,3-6,9-12,19H2,1-2H3. The third kappa shape index (κ3) is 2.76. The van der Waals surface area contributed by atoms with Gasteiger partial charge in [0, 0.05) is 17.5 Å². The SMILES string of the molecule is CC(C)c1c(C2(N)CCCCC2)ccc2c1OCCCO2. The molecule has 1 fully saturated rings. The second kappa shape index (κ2) is 5.88. The number of rotatable bonds is 2. The van der Waals surface area contributed by atoms with Gasteiger partial charge in [0.1, 0.15) is 0 Å². The molecule has 1 heterocycles. The highest BCUT2D eigenvalue weighted by atomic mass is 16.5. The first-order valence-electron chi connectivity index (χ1n) is 8.34. The first-order chi connectivity index (χ1) is 10.1. The first-order valence-corrected chi connectivity index (χ1v) is 8.34. The van der Waals surface area contributed by atoms with Crippen molar-refractivity contribution in [2.75, 3.05) is 13.2 Å². The molecule has 0 radical (unpaired) electrons. The summed E-state index contributed by atoms with van der Waals surface area (Å²) in [5, 5.41) is 0. The molecule has 0 bridgehead atoms. The molecule has 116 valence electrons. The molecule has 2 N–H and O–H groups in total. The van der Waals surface area contributed by atoms with Crippen LogP contribution in [0.4, 0.5) is 0 Å². The molecule has 0 amide bonds. The Morgan fingerprint density at radius 2 is 1.71 bits per heavy atom. The smallest absolute Gasteiger partial charge is 0.164 e. The van der Waals surface area contributed by atoms with Crippen LogP contribution in [-0.4, -0.2) is 13.2 Å². The Kier molecular flexibility index (Phi) is 4.12. The average molecular weight is 289 g/mol. The monoisotopic (exact) mass is 289 g/mol. The molecule has 0 atom stereocenters. The number of benzene rings is 1. The number of hydrogen-bond donors (Lipinski definition) is 1. The lowest BCUT2D eigenvalue weighted by Gasteiger charge is -2.37. The molecule has 1 aliphatic carbocycles. The van der Waals surface area contributed by atoms with Crippen molar-refractivity contribution >= 4 is 0 Å². The zero-order valence-corrected chi connectivity index (χ0v) is 13.3. The molecule has 1 aromatic rings. The van der Waals surface area contributed by atoms with E-state index in [1.165, 1.54) is 30.4 Å². The molecule has 21 heavy (non-hydrogen) atoms. The minimum atomic E-state index is -0.192. The van der Waals surface area contributed by atoms with E-state index in [9.17, 15) is 0 Å². The molecular formula is C18H27NO2. The van der Waals surface area contributed by atoms with Crippen molar-refractivity contribution in [1.82, 2.24) is 0 Å². The van der Waals surface area contributed by atoms with Gasteiger partial charge in [0.05, 0.1) is 13.2 Å². The predicted octanol–water partition coefficient (Wildman–Crippen LogP) is 4.09. The third-order valence-corrected chi connectivity index (χ3v) is 4.81. The van der Waals surface area contributed by atoms with Crippen molar-refractivity contribution in [1.29, 1.82) is 0 Å². The van der Waals surface area contributed by atoms with Crippen LogP contribution in [0, 0.1) is 0 Å². The summed E-state index contributed by atoms with van der Waals surface area (Å²) < 4.78 is 11.9. The summed E-state index contributed by atoms with van der Waals surface area (Å²) in [6, 6.07) is 4.25. The van der Waals surface area contributed by atoms with Gasteiger partial charge in [0.2, 0.25) is 0 Å². The average Bonchev–Trinajstić information content (AvgIpc) is 2.71. The van der Waals surface area contributed by atoms with Crippen molar-refractivity contribution in [3.63, 3.8) is 0 Å². The number of nitrogens with two attached hydrogens (primary N) is 1. The summed E-state index contributed by atoms with van der Waals surface area (Å²) in [6.45, 7) is 5.91. The molecule has 3 nitrogen and oxygen atoms in total. The zero-order chi connectivity index (χ0) is 14.9. The highest BCUT2D eigenvalue weighted by molar-refractivity contribution is 5.54. The van der Waals surface area contributed by atoms with Gasteiger partial charge >= 0.3 is 0 Å². The van der Waals surface area contributed by atoms with Gasteiger partial charge in [-0.15, -0.1) is 0 Å². The fraction of sp³-hybridized carbons (Fsp3) is 0.667. The van der Waals surface area contributed by atoms with E-state index >= 15 is 0 Å². The summed E-state index contributed by atoms with van der Waals surface area (Å²) in [6.07, 6.45) is 6.85. The molecule has 1 aromatic carbocycles. The fourth-order valence-corrected chi connectivity index (χ4v) is 3.72. The number of ether oxygens (including phenoxy) is 2. The summed E-state index contributed by atoms with van der Waals surface area (Å²) in [5.74, 6) is 2.22. The van der Waals surface area contributed by atoms with Crippen LogP contribution in [0.5, 0.6) is 11.5 Å². The van der Waals surface area contributed by atoms with Gasteiger partial charge in [0.25, 0.3) is 0 Å². The summed E-state index contributed by atoms with van der Waals surface area (Å²) in [7, 11) is 0. The van der Waals surface area contributed by atoms with Crippen molar-refractivity contribution in [2.45, 2.75) is 63.8 Å². The second-order valence-corrected chi connectivity index (χ2v) is 6.78. The maximum atomic E-state index is 6.79. The molecule has 1 saturated carbocycles. The number of hydrogen-bond acceptors (Lipinski definition) is 3. The summed E-state index contributed by atoms with van der Waals surface area (Å²) in [5.41, 5.74) is 9.14. The maximum Gasteiger partial charge on any atom is 0.164 e. The Hall–Kier alpha value is -1.22. The Labute approximate surface area is 127 Å². The van der Waals surface area contributed by atoms with E-state index in [1.807, 2.05) is 0 Å². The van der Waals surface area contributed by atoms with Crippen molar-refractivity contribution in [3.05, 3.63) is 23.3 Å². The lowest BCUT2D eigenvalue weighted by molar-refractivity contribution is 0.289. The van der Waals surface area contributed by atoms with Crippen LogP contribution >= 0.6 is 0 Å². The quantitative estimate of drug-likeness (QED) is 0.892.